The van der Waals surface area contributed by atoms with E-state index >= 15 is 0 Å². The van der Waals surface area contributed by atoms with Gasteiger partial charge in [0.05, 0.1) is 7.05 Å². The Balaban J connectivity index is 2.96. The molecule has 1 rings (SSSR count). The van der Waals surface area contributed by atoms with Crippen LogP contribution < -0.4 is 0 Å². The molecule has 0 spiro atoms. The van der Waals surface area contributed by atoms with E-state index in [1.165, 1.54) is 0 Å². The summed E-state index contributed by atoms with van der Waals surface area (Å²) in [5, 5.41) is 0. The lowest BCUT2D eigenvalue weighted by Crippen LogP contribution is -2.14. The van der Waals surface area contributed by atoms with Crippen molar-refractivity contribution in [2.75, 3.05) is 13.6 Å². The molecule has 0 saturated carbocycles. The standard InChI is InChI=1S/C7H9N2/c1-4-7-5-8-6(2)9(7)3/h1H,5H2,2-3H3/q+1. The fourth-order valence-electron chi connectivity index (χ4n) is 0.739. The number of terminal acetylenes is 1. The zero-order chi connectivity index (χ0) is 6.85. The highest BCUT2D eigenvalue weighted by Gasteiger charge is 2.17. The summed E-state index contributed by atoms with van der Waals surface area (Å²) < 4.78 is 1.93. The quantitative estimate of drug-likeness (QED) is 0.320. The third kappa shape index (κ3) is 0.857. The summed E-state index contributed by atoms with van der Waals surface area (Å²) in [5.74, 6) is 3.57. The molecule has 1 aliphatic rings. The van der Waals surface area contributed by atoms with E-state index < -0.39 is 0 Å². The molecule has 1 aliphatic heterocycles. The Morgan fingerprint density at radius 1 is 1.78 bits per heavy atom. The largest absolute Gasteiger partial charge is 0.290 e. The molecule has 0 unspecified atom stereocenters. The summed E-state index contributed by atoms with van der Waals surface area (Å²) in [6, 6.07) is 0. The Hall–Kier alpha value is -1.10. The Kier molecular flexibility index (Phi) is 1.35. The second-order valence-corrected chi connectivity index (χ2v) is 2.01. The molecule has 0 radical (unpaired) electrons. The molecule has 0 saturated heterocycles. The second kappa shape index (κ2) is 2.02. The van der Waals surface area contributed by atoms with E-state index in [9.17, 15) is 0 Å². The van der Waals surface area contributed by atoms with E-state index in [2.05, 4.69) is 10.9 Å². The van der Waals surface area contributed by atoms with Gasteiger partial charge in [0.1, 0.15) is 0 Å². The molecule has 0 aliphatic carbocycles. The molecule has 9 heavy (non-hydrogen) atoms. The van der Waals surface area contributed by atoms with Crippen LogP contribution in [0.25, 0.3) is 0 Å². The summed E-state index contributed by atoms with van der Waals surface area (Å²) in [7, 11) is 1.93. The number of nitrogens with zero attached hydrogens (tertiary/aromatic N) is 2. The Morgan fingerprint density at radius 2 is 2.44 bits per heavy atom. The summed E-state index contributed by atoms with van der Waals surface area (Å²) in [5.41, 5.74) is 0.951. The van der Waals surface area contributed by atoms with E-state index in [0.717, 1.165) is 11.5 Å². The molecule has 1 heterocycles. The maximum absolute atomic E-state index is 5.18. The van der Waals surface area contributed by atoms with Gasteiger partial charge in [-0.2, -0.15) is 0 Å². The monoisotopic (exact) mass is 121 g/mol. The minimum Gasteiger partial charge on any atom is -0.224 e. The average Bonchev–Trinajstić information content (AvgIpc) is 2.15. The molecule has 2 nitrogen and oxygen atoms in total. The molecular formula is C7H9N2+. The van der Waals surface area contributed by atoms with Crippen LogP contribution in [0.2, 0.25) is 0 Å². The first kappa shape index (κ1) is 6.03. The van der Waals surface area contributed by atoms with Gasteiger partial charge in [0.2, 0.25) is 5.71 Å². The first-order valence-corrected chi connectivity index (χ1v) is 2.83. The third-order valence-electron chi connectivity index (χ3n) is 1.51. The van der Waals surface area contributed by atoms with Gasteiger partial charge in [-0.1, -0.05) is 4.99 Å². The van der Waals surface area contributed by atoms with Crippen LogP contribution in [0.4, 0.5) is 0 Å². The fraction of sp³-hybridized carbons (Fsp3) is 0.429. The van der Waals surface area contributed by atoms with Crippen LogP contribution in [0.5, 0.6) is 0 Å². The SMILES string of the molecule is C#CC1=[N+](C)C(C)=NC1. The van der Waals surface area contributed by atoms with Crippen LogP contribution in [-0.4, -0.2) is 29.7 Å². The lowest BCUT2D eigenvalue weighted by atomic mass is 10.4. The number of amidine groups is 1. The Morgan fingerprint density at radius 3 is 2.67 bits per heavy atom. The fourth-order valence-corrected chi connectivity index (χ4v) is 0.739. The van der Waals surface area contributed by atoms with Crippen molar-refractivity contribution in [1.82, 2.24) is 0 Å². The topological polar surface area (TPSA) is 15.4 Å². The maximum atomic E-state index is 5.18. The smallest absolute Gasteiger partial charge is 0.224 e. The molecule has 2 heteroatoms. The van der Waals surface area contributed by atoms with Crippen LogP contribution >= 0.6 is 0 Å². The third-order valence-corrected chi connectivity index (χ3v) is 1.51. The molecule has 0 atom stereocenters. The summed E-state index contributed by atoms with van der Waals surface area (Å²) >= 11 is 0. The maximum Gasteiger partial charge on any atom is 0.290 e. The highest BCUT2D eigenvalue weighted by molar-refractivity contribution is 6.03. The average molecular weight is 121 g/mol. The second-order valence-electron chi connectivity index (χ2n) is 2.01. The van der Waals surface area contributed by atoms with Crippen molar-refractivity contribution in [3.8, 4) is 12.3 Å². The zero-order valence-corrected chi connectivity index (χ0v) is 5.68. The number of aliphatic imine (C=N–C) groups is 1. The lowest BCUT2D eigenvalue weighted by Gasteiger charge is -1.87. The van der Waals surface area contributed by atoms with Crippen LogP contribution in [0.1, 0.15) is 6.92 Å². The predicted octanol–water partition coefficient (Wildman–Crippen LogP) is 0.135. The molecule has 0 fully saturated rings. The molecule has 0 aromatic carbocycles. The number of hydrogen-bond donors (Lipinski definition) is 0. The molecule has 46 valence electrons. The lowest BCUT2D eigenvalue weighted by molar-refractivity contribution is -0.366. The van der Waals surface area contributed by atoms with Crippen molar-refractivity contribution in [3.05, 3.63) is 0 Å². The van der Waals surface area contributed by atoms with E-state index in [4.69, 9.17) is 6.42 Å². The van der Waals surface area contributed by atoms with Crippen LogP contribution in [0, 0.1) is 12.3 Å². The van der Waals surface area contributed by atoms with Gasteiger partial charge in [-0.3, -0.25) is 0 Å². The van der Waals surface area contributed by atoms with Crippen molar-refractivity contribution < 1.29 is 4.58 Å². The van der Waals surface area contributed by atoms with Gasteiger partial charge in [0, 0.05) is 6.92 Å². The predicted molar refractivity (Wildman–Crippen MR) is 38.0 cm³/mol. The number of rotatable bonds is 0. The van der Waals surface area contributed by atoms with Gasteiger partial charge in [-0.25, -0.2) is 4.58 Å². The summed E-state index contributed by atoms with van der Waals surface area (Å²) in [6.07, 6.45) is 5.18. The van der Waals surface area contributed by atoms with Gasteiger partial charge in [-0.15, -0.1) is 6.42 Å². The first-order valence-electron chi connectivity index (χ1n) is 2.83. The van der Waals surface area contributed by atoms with Crippen molar-refractivity contribution in [3.63, 3.8) is 0 Å². The minimum atomic E-state index is 0.679. The van der Waals surface area contributed by atoms with Crippen LogP contribution in [-0.2, 0) is 0 Å². The minimum absolute atomic E-state index is 0.679. The van der Waals surface area contributed by atoms with Gasteiger partial charge in [-0.05, 0) is 5.92 Å². The van der Waals surface area contributed by atoms with Gasteiger partial charge in [0.15, 0.2) is 6.54 Å². The Bertz CT molecular complexity index is 228. The van der Waals surface area contributed by atoms with Crippen molar-refractivity contribution in [2.45, 2.75) is 6.92 Å². The van der Waals surface area contributed by atoms with Crippen molar-refractivity contribution in [1.29, 1.82) is 0 Å². The number of hydrogen-bond acceptors (Lipinski definition) is 1. The van der Waals surface area contributed by atoms with E-state index in [1.807, 2.05) is 18.5 Å². The van der Waals surface area contributed by atoms with E-state index in [1.54, 1.807) is 0 Å². The van der Waals surface area contributed by atoms with Crippen LogP contribution in [0.3, 0.4) is 0 Å². The van der Waals surface area contributed by atoms with Crippen molar-refractivity contribution in [2.24, 2.45) is 4.99 Å². The van der Waals surface area contributed by atoms with Gasteiger partial charge < -0.3 is 0 Å². The molecule has 0 aromatic heterocycles. The zero-order valence-electron chi connectivity index (χ0n) is 5.68. The molecule has 0 aromatic rings. The summed E-state index contributed by atoms with van der Waals surface area (Å²) in [6.45, 7) is 2.63. The molecular weight excluding hydrogens is 112 g/mol. The highest BCUT2D eigenvalue weighted by Crippen LogP contribution is 1.91. The van der Waals surface area contributed by atoms with Crippen molar-refractivity contribution >= 4 is 11.5 Å². The molecule has 0 bridgehead atoms. The van der Waals surface area contributed by atoms with Gasteiger partial charge >= 0.3 is 0 Å². The molecule has 0 amide bonds. The Labute approximate surface area is 54.9 Å². The van der Waals surface area contributed by atoms with Crippen LogP contribution in [0.15, 0.2) is 4.99 Å². The first-order chi connectivity index (χ1) is 4.25. The van der Waals surface area contributed by atoms with E-state index in [-0.39, 0.29) is 0 Å². The highest BCUT2D eigenvalue weighted by atomic mass is 15.1. The van der Waals surface area contributed by atoms with Gasteiger partial charge in [0.25, 0.3) is 5.84 Å². The normalized spacial score (nSPS) is 17.7. The summed E-state index contributed by atoms with van der Waals surface area (Å²) in [4.78, 5) is 4.13. The molecule has 0 N–H and O–H groups in total. The van der Waals surface area contributed by atoms with E-state index in [0.29, 0.717) is 6.54 Å².